The highest BCUT2D eigenvalue weighted by molar-refractivity contribution is 5.85. The third-order valence-corrected chi connectivity index (χ3v) is 2.94. The van der Waals surface area contributed by atoms with E-state index in [1.165, 1.54) is 25.9 Å². The van der Waals surface area contributed by atoms with Crippen LogP contribution < -0.4 is 5.32 Å². The van der Waals surface area contributed by atoms with Gasteiger partial charge in [-0.1, -0.05) is 0 Å². The Labute approximate surface area is 74.1 Å². The van der Waals surface area contributed by atoms with Crippen LogP contribution in [0, 0.1) is 11.8 Å². The molecule has 11 heavy (non-hydrogen) atoms. The van der Waals surface area contributed by atoms with Crippen molar-refractivity contribution in [2.75, 3.05) is 20.2 Å². The molecule has 1 heterocycles. The summed E-state index contributed by atoms with van der Waals surface area (Å²) in [6.07, 6.45) is 3.14. The Balaban J connectivity index is 0.000000605. The van der Waals surface area contributed by atoms with Crippen LogP contribution in [0.3, 0.4) is 0 Å². The van der Waals surface area contributed by atoms with E-state index >= 15 is 0 Å². The minimum Gasteiger partial charge on any atom is -0.381 e. The first-order valence-electron chi connectivity index (χ1n) is 4.13. The van der Waals surface area contributed by atoms with Gasteiger partial charge in [0.1, 0.15) is 0 Å². The number of rotatable bonds is 1. The van der Waals surface area contributed by atoms with E-state index in [1.54, 1.807) is 0 Å². The van der Waals surface area contributed by atoms with E-state index in [9.17, 15) is 0 Å². The highest BCUT2D eigenvalue weighted by atomic mass is 35.5. The van der Waals surface area contributed by atoms with Gasteiger partial charge in [0.15, 0.2) is 0 Å². The van der Waals surface area contributed by atoms with E-state index in [0.29, 0.717) is 6.10 Å². The summed E-state index contributed by atoms with van der Waals surface area (Å²) in [5.74, 6) is 1.84. The zero-order valence-electron chi connectivity index (χ0n) is 6.88. The van der Waals surface area contributed by atoms with E-state index in [1.807, 2.05) is 7.11 Å². The van der Waals surface area contributed by atoms with Gasteiger partial charge in [-0.15, -0.1) is 12.4 Å². The lowest BCUT2D eigenvalue weighted by Crippen LogP contribution is -2.15. The summed E-state index contributed by atoms with van der Waals surface area (Å²) in [5, 5.41) is 3.41. The van der Waals surface area contributed by atoms with Crippen LogP contribution in [0.5, 0.6) is 0 Å². The molecule has 1 saturated heterocycles. The Morgan fingerprint density at radius 3 is 2.18 bits per heavy atom. The third kappa shape index (κ3) is 1.68. The number of hydrogen-bond acceptors (Lipinski definition) is 2. The number of hydrogen-bond donors (Lipinski definition) is 1. The van der Waals surface area contributed by atoms with E-state index in [2.05, 4.69) is 5.32 Å². The van der Waals surface area contributed by atoms with Crippen LogP contribution >= 0.6 is 12.4 Å². The fraction of sp³-hybridized carbons (Fsp3) is 1.00. The summed E-state index contributed by atoms with van der Waals surface area (Å²) in [4.78, 5) is 0. The average Bonchev–Trinajstić information content (AvgIpc) is 2.42. The van der Waals surface area contributed by atoms with Gasteiger partial charge in [0.25, 0.3) is 0 Å². The van der Waals surface area contributed by atoms with E-state index < -0.39 is 0 Å². The van der Waals surface area contributed by atoms with Crippen LogP contribution in [-0.2, 0) is 4.74 Å². The second-order valence-corrected chi connectivity index (χ2v) is 3.51. The van der Waals surface area contributed by atoms with Crippen LogP contribution in [0.1, 0.15) is 12.8 Å². The molecule has 66 valence electrons. The molecule has 1 saturated carbocycles. The fourth-order valence-corrected chi connectivity index (χ4v) is 2.30. The highest BCUT2D eigenvalue weighted by Gasteiger charge is 2.36. The molecular weight excluding hydrogens is 162 g/mol. The van der Waals surface area contributed by atoms with Crippen molar-refractivity contribution in [3.63, 3.8) is 0 Å². The zero-order valence-corrected chi connectivity index (χ0v) is 7.69. The maximum absolute atomic E-state index is 5.32. The third-order valence-electron chi connectivity index (χ3n) is 2.94. The molecule has 0 aromatic heterocycles. The van der Waals surface area contributed by atoms with Crippen molar-refractivity contribution in [3.05, 3.63) is 0 Å². The van der Waals surface area contributed by atoms with Crippen LogP contribution in [0.4, 0.5) is 0 Å². The SMILES string of the molecule is COC1CC2CNC[C@H]2C1.Cl. The maximum Gasteiger partial charge on any atom is 0.0577 e. The molecule has 2 nitrogen and oxygen atoms in total. The van der Waals surface area contributed by atoms with Gasteiger partial charge in [0.05, 0.1) is 6.10 Å². The maximum atomic E-state index is 5.32. The summed E-state index contributed by atoms with van der Waals surface area (Å²) in [6, 6.07) is 0. The summed E-state index contributed by atoms with van der Waals surface area (Å²) in [6.45, 7) is 2.45. The molecule has 2 unspecified atom stereocenters. The van der Waals surface area contributed by atoms with Crippen molar-refractivity contribution in [3.8, 4) is 0 Å². The molecule has 0 bridgehead atoms. The number of methoxy groups -OCH3 is 1. The predicted molar refractivity (Wildman–Crippen MR) is 47.1 cm³/mol. The first-order chi connectivity index (χ1) is 4.90. The molecule has 1 aliphatic heterocycles. The molecule has 1 N–H and O–H groups in total. The van der Waals surface area contributed by atoms with Gasteiger partial charge in [0, 0.05) is 7.11 Å². The molecule has 3 heteroatoms. The Morgan fingerprint density at radius 1 is 1.18 bits per heavy atom. The summed E-state index contributed by atoms with van der Waals surface area (Å²) < 4.78 is 5.32. The Bertz CT molecular complexity index is 119. The summed E-state index contributed by atoms with van der Waals surface area (Å²) in [5.41, 5.74) is 0. The van der Waals surface area contributed by atoms with Gasteiger partial charge in [-0.2, -0.15) is 0 Å². The monoisotopic (exact) mass is 177 g/mol. The smallest absolute Gasteiger partial charge is 0.0577 e. The lowest BCUT2D eigenvalue weighted by Gasteiger charge is -2.07. The topological polar surface area (TPSA) is 21.3 Å². The zero-order chi connectivity index (χ0) is 6.97. The Hall–Kier alpha value is 0.210. The highest BCUT2D eigenvalue weighted by Crippen LogP contribution is 2.35. The van der Waals surface area contributed by atoms with Crippen LogP contribution in [0.25, 0.3) is 0 Å². The summed E-state index contributed by atoms with van der Waals surface area (Å²) in [7, 11) is 1.83. The predicted octanol–water partition coefficient (Wildman–Crippen LogP) is 1.05. The molecule has 3 atom stereocenters. The molecular formula is C8H16ClNO. The van der Waals surface area contributed by atoms with Gasteiger partial charge in [0.2, 0.25) is 0 Å². The summed E-state index contributed by atoms with van der Waals surface area (Å²) >= 11 is 0. The molecule has 0 amide bonds. The average molecular weight is 178 g/mol. The molecule has 2 aliphatic rings. The standard InChI is InChI=1S/C8H15NO.ClH/c1-10-8-2-6-4-9-5-7(6)3-8;/h6-9H,2-5H2,1H3;1H/t6-,7?,8?;/m1./s1. The molecule has 2 fully saturated rings. The lowest BCUT2D eigenvalue weighted by atomic mass is 10.0. The van der Waals surface area contributed by atoms with Crippen molar-refractivity contribution < 1.29 is 4.74 Å². The Morgan fingerprint density at radius 2 is 1.73 bits per heavy atom. The van der Waals surface area contributed by atoms with Crippen molar-refractivity contribution in [1.29, 1.82) is 0 Å². The minimum absolute atomic E-state index is 0. The first kappa shape index (κ1) is 9.30. The normalized spacial score (nSPS) is 41.7. The molecule has 1 aliphatic carbocycles. The minimum atomic E-state index is 0. The van der Waals surface area contributed by atoms with Gasteiger partial charge in [-0.05, 0) is 37.8 Å². The van der Waals surface area contributed by atoms with E-state index in [4.69, 9.17) is 4.74 Å². The molecule has 0 aromatic carbocycles. The lowest BCUT2D eigenvalue weighted by molar-refractivity contribution is 0.102. The number of ether oxygens (including phenoxy) is 1. The molecule has 0 radical (unpaired) electrons. The van der Waals surface area contributed by atoms with Gasteiger partial charge < -0.3 is 10.1 Å². The molecule has 0 spiro atoms. The van der Waals surface area contributed by atoms with Crippen molar-refractivity contribution in [1.82, 2.24) is 5.32 Å². The van der Waals surface area contributed by atoms with E-state index in [0.717, 1.165) is 11.8 Å². The van der Waals surface area contributed by atoms with Gasteiger partial charge >= 0.3 is 0 Å². The largest absolute Gasteiger partial charge is 0.381 e. The fourth-order valence-electron chi connectivity index (χ4n) is 2.30. The number of nitrogens with one attached hydrogen (secondary N) is 1. The van der Waals surface area contributed by atoms with Crippen LogP contribution in [0.2, 0.25) is 0 Å². The molecule has 2 rings (SSSR count). The van der Waals surface area contributed by atoms with Gasteiger partial charge in [-0.25, -0.2) is 0 Å². The second-order valence-electron chi connectivity index (χ2n) is 3.51. The van der Waals surface area contributed by atoms with Crippen LogP contribution in [0.15, 0.2) is 0 Å². The Kier molecular flexibility index (Phi) is 3.16. The van der Waals surface area contributed by atoms with Crippen LogP contribution in [-0.4, -0.2) is 26.3 Å². The van der Waals surface area contributed by atoms with Gasteiger partial charge in [-0.3, -0.25) is 0 Å². The van der Waals surface area contributed by atoms with E-state index in [-0.39, 0.29) is 12.4 Å². The first-order valence-corrected chi connectivity index (χ1v) is 4.13. The van der Waals surface area contributed by atoms with Crippen molar-refractivity contribution >= 4 is 12.4 Å². The number of fused-ring (bicyclic) bond motifs is 1. The van der Waals surface area contributed by atoms with Crippen molar-refractivity contribution in [2.45, 2.75) is 18.9 Å². The quantitative estimate of drug-likeness (QED) is 0.647. The van der Waals surface area contributed by atoms with Crippen molar-refractivity contribution in [2.24, 2.45) is 11.8 Å². The number of halogens is 1. The molecule has 0 aromatic rings. The second kappa shape index (κ2) is 3.74.